The van der Waals surface area contributed by atoms with Crippen LogP contribution < -0.4 is 5.73 Å². The Morgan fingerprint density at radius 3 is 2.54 bits per heavy atom. The first-order chi connectivity index (χ1) is 5.95. The van der Waals surface area contributed by atoms with Gasteiger partial charge in [0, 0.05) is 0 Å². The number of nitrogen functional groups attached to an aromatic ring is 1. The van der Waals surface area contributed by atoms with E-state index in [1.807, 2.05) is 0 Å². The van der Waals surface area contributed by atoms with E-state index in [0.717, 1.165) is 6.20 Å². The topological polar surface area (TPSA) is 56.0 Å². The van der Waals surface area contributed by atoms with Gasteiger partial charge in [-0.15, -0.1) is 0 Å². The predicted molar refractivity (Wildman–Crippen MR) is 39.0 cm³/mol. The van der Waals surface area contributed by atoms with Crippen molar-refractivity contribution in [2.75, 3.05) is 5.73 Å². The SMILES string of the molecule is Nc1cnc(C=O)c(C(F)(F)F)c1. The van der Waals surface area contributed by atoms with Gasteiger partial charge in [-0.25, -0.2) is 0 Å². The molecule has 13 heavy (non-hydrogen) atoms. The molecule has 70 valence electrons. The van der Waals surface area contributed by atoms with Crippen LogP contribution in [0.4, 0.5) is 18.9 Å². The molecule has 0 saturated carbocycles. The van der Waals surface area contributed by atoms with Crippen molar-refractivity contribution in [3.63, 3.8) is 0 Å². The Morgan fingerprint density at radius 1 is 1.46 bits per heavy atom. The zero-order valence-corrected chi connectivity index (χ0v) is 6.30. The lowest BCUT2D eigenvalue weighted by atomic mass is 10.2. The minimum absolute atomic E-state index is 0.0439. The molecule has 3 nitrogen and oxygen atoms in total. The molecule has 0 aliphatic carbocycles. The molecule has 0 aliphatic rings. The van der Waals surface area contributed by atoms with Gasteiger partial charge in [0.1, 0.15) is 5.69 Å². The average Bonchev–Trinajstić information content (AvgIpc) is 2.03. The van der Waals surface area contributed by atoms with Crippen molar-refractivity contribution in [2.45, 2.75) is 6.18 Å². The van der Waals surface area contributed by atoms with Gasteiger partial charge in [-0.3, -0.25) is 9.78 Å². The minimum Gasteiger partial charge on any atom is -0.397 e. The highest BCUT2D eigenvalue weighted by Gasteiger charge is 2.34. The number of hydrogen-bond donors (Lipinski definition) is 1. The first-order valence-corrected chi connectivity index (χ1v) is 3.23. The summed E-state index contributed by atoms with van der Waals surface area (Å²) in [6.45, 7) is 0. The number of aldehydes is 1. The van der Waals surface area contributed by atoms with Crippen molar-refractivity contribution in [1.29, 1.82) is 0 Å². The number of nitrogens with zero attached hydrogens (tertiary/aromatic N) is 1. The molecule has 1 aromatic rings. The van der Waals surface area contributed by atoms with E-state index >= 15 is 0 Å². The molecule has 0 unspecified atom stereocenters. The molecule has 0 saturated heterocycles. The van der Waals surface area contributed by atoms with Gasteiger partial charge >= 0.3 is 6.18 Å². The molecule has 1 aromatic heterocycles. The second kappa shape index (κ2) is 3.04. The van der Waals surface area contributed by atoms with E-state index in [0.29, 0.717) is 6.07 Å². The number of nitrogens with two attached hydrogens (primary N) is 1. The number of carbonyl (C=O) groups excluding carboxylic acids is 1. The van der Waals surface area contributed by atoms with E-state index in [2.05, 4.69) is 4.98 Å². The smallest absolute Gasteiger partial charge is 0.397 e. The average molecular weight is 190 g/mol. The molecule has 6 heteroatoms. The van der Waals surface area contributed by atoms with E-state index in [4.69, 9.17) is 5.73 Å². The second-order valence-corrected chi connectivity index (χ2v) is 2.32. The van der Waals surface area contributed by atoms with Gasteiger partial charge < -0.3 is 5.73 Å². The van der Waals surface area contributed by atoms with Gasteiger partial charge in [0.05, 0.1) is 17.4 Å². The third kappa shape index (κ3) is 1.95. The van der Waals surface area contributed by atoms with Gasteiger partial charge in [0.25, 0.3) is 0 Å². The third-order valence-electron chi connectivity index (χ3n) is 1.36. The first kappa shape index (κ1) is 9.50. The molecule has 2 N–H and O–H groups in total. The summed E-state index contributed by atoms with van der Waals surface area (Å²) < 4.78 is 36.5. The van der Waals surface area contributed by atoms with Crippen molar-refractivity contribution < 1.29 is 18.0 Å². The fourth-order valence-corrected chi connectivity index (χ4v) is 0.812. The van der Waals surface area contributed by atoms with Gasteiger partial charge in [-0.1, -0.05) is 0 Å². The Bertz CT molecular complexity index is 335. The highest BCUT2D eigenvalue weighted by atomic mass is 19.4. The predicted octanol–water partition coefficient (Wildman–Crippen LogP) is 1.50. The molecule has 1 rings (SSSR count). The summed E-state index contributed by atoms with van der Waals surface area (Å²) in [5, 5.41) is 0. The molecular weight excluding hydrogens is 185 g/mol. The molecule has 0 bridgehead atoms. The molecule has 0 aromatic carbocycles. The van der Waals surface area contributed by atoms with Crippen molar-refractivity contribution in [3.05, 3.63) is 23.5 Å². The molecule has 1 heterocycles. The third-order valence-corrected chi connectivity index (χ3v) is 1.36. The van der Waals surface area contributed by atoms with Crippen LogP contribution in [0.25, 0.3) is 0 Å². The minimum atomic E-state index is -4.60. The van der Waals surface area contributed by atoms with E-state index in [1.54, 1.807) is 0 Å². The maximum atomic E-state index is 12.2. The van der Waals surface area contributed by atoms with Crippen molar-refractivity contribution in [3.8, 4) is 0 Å². The van der Waals surface area contributed by atoms with E-state index < -0.39 is 17.4 Å². The summed E-state index contributed by atoms with van der Waals surface area (Å²) in [6, 6.07) is 0.677. The molecule has 0 atom stereocenters. The molecule has 0 amide bonds. The van der Waals surface area contributed by atoms with E-state index in [1.165, 1.54) is 0 Å². The summed E-state index contributed by atoms with van der Waals surface area (Å²) >= 11 is 0. The zero-order valence-electron chi connectivity index (χ0n) is 6.30. The van der Waals surface area contributed by atoms with Crippen LogP contribution in [0.15, 0.2) is 12.3 Å². The number of pyridine rings is 1. The Kier molecular flexibility index (Phi) is 2.22. The van der Waals surface area contributed by atoms with E-state index in [9.17, 15) is 18.0 Å². The van der Waals surface area contributed by atoms with E-state index in [-0.39, 0.29) is 12.0 Å². The summed E-state index contributed by atoms with van der Waals surface area (Å²) in [5.74, 6) is 0. The number of aromatic nitrogens is 1. The van der Waals surface area contributed by atoms with Crippen LogP contribution in [-0.2, 0) is 6.18 Å². The fourth-order valence-electron chi connectivity index (χ4n) is 0.812. The fraction of sp³-hybridized carbons (Fsp3) is 0.143. The van der Waals surface area contributed by atoms with Crippen molar-refractivity contribution in [2.24, 2.45) is 0 Å². The molecule has 0 radical (unpaired) electrons. The summed E-state index contributed by atoms with van der Waals surface area (Å²) in [7, 11) is 0. The summed E-state index contributed by atoms with van der Waals surface area (Å²) in [4.78, 5) is 13.4. The zero-order chi connectivity index (χ0) is 10.1. The largest absolute Gasteiger partial charge is 0.418 e. The van der Waals surface area contributed by atoms with Crippen LogP contribution >= 0.6 is 0 Å². The van der Waals surface area contributed by atoms with Gasteiger partial charge in [0.2, 0.25) is 0 Å². The standard InChI is InChI=1S/C7H5F3N2O/c8-7(9,10)5-1-4(11)2-12-6(5)3-13/h1-3H,11H2. The molecule has 0 spiro atoms. The van der Waals surface area contributed by atoms with Crippen LogP contribution in [-0.4, -0.2) is 11.3 Å². The number of hydrogen-bond acceptors (Lipinski definition) is 3. The maximum Gasteiger partial charge on any atom is 0.418 e. The number of alkyl halides is 3. The molecule has 0 aliphatic heterocycles. The maximum absolute atomic E-state index is 12.2. The van der Waals surface area contributed by atoms with Crippen molar-refractivity contribution >= 4 is 12.0 Å². The van der Waals surface area contributed by atoms with Crippen molar-refractivity contribution in [1.82, 2.24) is 4.98 Å². The lowest BCUT2D eigenvalue weighted by molar-refractivity contribution is -0.138. The quantitative estimate of drug-likeness (QED) is 0.682. The number of rotatable bonds is 1. The monoisotopic (exact) mass is 190 g/mol. The Labute approximate surface area is 71.4 Å². The molecule has 0 fully saturated rings. The van der Waals surface area contributed by atoms with Gasteiger partial charge in [-0.2, -0.15) is 13.2 Å². The highest BCUT2D eigenvalue weighted by molar-refractivity contribution is 5.75. The lowest BCUT2D eigenvalue weighted by Crippen LogP contribution is -2.11. The Hall–Kier alpha value is -1.59. The van der Waals surface area contributed by atoms with Crippen LogP contribution in [0, 0.1) is 0 Å². The van der Waals surface area contributed by atoms with Crippen LogP contribution in [0.5, 0.6) is 0 Å². The Balaban J connectivity index is 3.32. The summed E-state index contributed by atoms with van der Waals surface area (Å²) in [6.07, 6.45) is -3.56. The second-order valence-electron chi connectivity index (χ2n) is 2.32. The Morgan fingerprint density at radius 2 is 2.08 bits per heavy atom. The van der Waals surface area contributed by atoms with Crippen LogP contribution in [0.1, 0.15) is 16.1 Å². The number of anilines is 1. The molecular formula is C7H5F3N2O. The van der Waals surface area contributed by atoms with Crippen LogP contribution in [0.3, 0.4) is 0 Å². The lowest BCUT2D eigenvalue weighted by Gasteiger charge is -2.08. The van der Waals surface area contributed by atoms with Gasteiger partial charge in [0.15, 0.2) is 6.29 Å². The highest BCUT2D eigenvalue weighted by Crippen LogP contribution is 2.31. The first-order valence-electron chi connectivity index (χ1n) is 3.23. The number of halogens is 3. The number of carbonyl (C=O) groups is 1. The normalized spacial score (nSPS) is 11.3. The van der Waals surface area contributed by atoms with Gasteiger partial charge in [-0.05, 0) is 6.07 Å². The summed E-state index contributed by atoms with van der Waals surface area (Å²) in [5.41, 5.74) is 3.21. The van der Waals surface area contributed by atoms with Crippen LogP contribution in [0.2, 0.25) is 0 Å².